The monoisotopic (exact) mass is 297 g/mol. The quantitative estimate of drug-likeness (QED) is 0.731. The molecule has 0 saturated carbocycles. The van der Waals surface area contributed by atoms with E-state index in [-0.39, 0.29) is 12.6 Å². The molecule has 0 bridgehead atoms. The number of nitrogens with one attached hydrogen (secondary N) is 3. The van der Waals surface area contributed by atoms with E-state index in [1.807, 2.05) is 6.92 Å². The first-order valence-corrected chi connectivity index (χ1v) is 6.70. The maximum absolute atomic E-state index is 11.6. The number of ether oxygens (including phenoxy) is 1. The van der Waals surface area contributed by atoms with Gasteiger partial charge in [-0.2, -0.15) is 5.10 Å². The van der Waals surface area contributed by atoms with Crippen LogP contribution in [0.15, 0.2) is 6.07 Å². The number of alkyl carbamates (subject to hydrolysis) is 1. The fourth-order valence-electron chi connectivity index (χ4n) is 1.54. The minimum atomic E-state index is -0.535. The molecule has 3 N–H and O–H groups in total. The van der Waals surface area contributed by atoms with Crippen molar-refractivity contribution in [2.24, 2.45) is 7.05 Å². The lowest BCUT2D eigenvalue weighted by Crippen LogP contribution is -2.39. The fourth-order valence-corrected chi connectivity index (χ4v) is 1.54. The fraction of sp³-hybridized carbons (Fsp3) is 0.615. The van der Waals surface area contributed by atoms with Crippen LogP contribution in [0, 0.1) is 6.92 Å². The molecule has 8 heteroatoms. The first-order valence-electron chi connectivity index (χ1n) is 6.70. The maximum atomic E-state index is 11.6. The van der Waals surface area contributed by atoms with Crippen molar-refractivity contribution in [3.05, 3.63) is 11.8 Å². The standard InChI is InChI=1S/C13H23N5O3/c1-9-8-10(18(5)17-9)16-11(19)14-6-7-15-12(20)21-13(2,3)4/h8H,6-7H2,1-5H3,(H,15,20)(H2,14,16,19). The largest absolute Gasteiger partial charge is 0.444 e. The molecule has 1 rings (SSSR count). The molecule has 0 saturated heterocycles. The normalized spacial score (nSPS) is 10.9. The molecule has 0 fully saturated rings. The second kappa shape index (κ2) is 6.96. The van der Waals surface area contributed by atoms with E-state index in [9.17, 15) is 9.59 Å². The van der Waals surface area contributed by atoms with Gasteiger partial charge in [0.2, 0.25) is 0 Å². The van der Waals surface area contributed by atoms with Gasteiger partial charge >= 0.3 is 12.1 Å². The number of nitrogens with zero attached hydrogens (tertiary/aromatic N) is 2. The summed E-state index contributed by atoms with van der Waals surface area (Å²) in [5.41, 5.74) is 0.283. The zero-order valence-corrected chi connectivity index (χ0v) is 13.1. The number of rotatable bonds is 4. The molecule has 0 radical (unpaired) electrons. The molecule has 1 aromatic rings. The van der Waals surface area contributed by atoms with Gasteiger partial charge in [0.1, 0.15) is 11.4 Å². The molecule has 1 heterocycles. The summed E-state index contributed by atoms with van der Waals surface area (Å²) in [7, 11) is 1.74. The Balaban J connectivity index is 2.22. The highest BCUT2D eigenvalue weighted by Crippen LogP contribution is 2.07. The summed E-state index contributed by atoms with van der Waals surface area (Å²) >= 11 is 0. The number of carbonyl (C=O) groups is 2. The summed E-state index contributed by atoms with van der Waals surface area (Å²) in [6.45, 7) is 7.78. The molecule has 21 heavy (non-hydrogen) atoms. The molecule has 0 aliphatic carbocycles. The Morgan fingerprint density at radius 1 is 1.29 bits per heavy atom. The van der Waals surface area contributed by atoms with Crippen LogP contribution in [0.3, 0.4) is 0 Å². The van der Waals surface area contributed by atoms with Gasteiger partial charge in [-0.05, 0) is 27.7 Å². The maximum Gasteiger partial charge on any atom is 0.407 e. The van der Waals surface area contributed by atoms with Crippen molar-refractivity contribution in [3.8, 4) is 0 Å². The van der Waals surface area contributed by atoms with E-state index >= 15 is 0 Å². The van der Waals surface area contributed by atoms with Gasteiger partial charge in [0.05, 0.1) is 5.69 Å². The highest BCUT2D eigenvalue weighted by atomic mass is 16.6. The third-order valence-electron chi connectivity index (χ3n) is 2.32. The van der Waals surface area contributed by atoms with Crippen LogP contribution in [0.5, 0.6) is 0 Å². The summed E-state index contributed by atoms with van der Waals surface area (Å²) < 4.78 is 6.65. The molecule has 3 amide bonds. The number of aryl methyl sites for hydroxylation is 2. The molecular formula is C13H23N5O3. The Morgan fingerprint density at radius 3 is 2.43 bits per heavy atom. The van der Waals surface area contributed by atoms with Crippen molar-refractivity contribution in [2.45, 2.75) is 33.3 Å². The van der Waals surface area contributed by atoms with Gasteiger partial charge in [-0.15, -0.1) is 0 Å². The van der Waals surface area contributed by atoms with E-state index in [1.54, 1.807) is 38.6 Å². The van der Waals surface area contributed by atoms with Gasteiger partial charge in [-0.3, -0.25) is 10.00 Å². The second-order valence-corrected chi connectivity index (χ2v) is 5.60. The lowest BCUT2D eigenvalue weighted by Gasteiger charge is -2.19. The number of hydrogen-bond donors (Lipinski definition) is 3. The minimum absolute atomic E-state index is 0.284. The van der Waals surface area contributed by atoms with Gasteiger partial charge in [0, 0.05) is 26.2 Å². The summed E-state index contributed by atoms with van der Waals surface area (Å²) in [6, 6.07) is 1.41. The summed E-state index contributed by atoms with van der Waals surface area (Å²) in [6.07, 6.45) is -0.507. The van der Waals surface area contributed by atoms with Crippen LogP contribution in [0.25, 0.3) is 0 Å². The average Bonchev–Trinajstić information content (AvgIpc) is 2.61. The Hall–Kier alpha value is -2.25. The first-order chi connectivity index (χ1) is 9.67. The Morgan fingerprint density at radius 2 is 1.90 bits per heavy atom. The summed E-state index contributed by atoms with van der Waals surface area (Å²) in [4.78, 5) is 23.0. The molecule has 118 valence electrons. The molecule has 0 aromatic carbocycles. The molecule has 0 aliphatic heterocycles. The number of urea groups is 1. The van der Waals surface area contributed by atoms with Crippen molar-refractivity contribution in [1.29, 1.82) is 0 Å². The van der Waals surface area contributed by atoms with Crippen LogP contribution < -0.4 is 16.0 Å². The molecule has 0 aliphatic rings. The lowest BCUT2D eigenvalue weighted by molar-refractivity contribution is 0.0528. The molecule has 1 aromatic heterocycles. The van der Waals surface area contributed by atoms with Gasteiger partial charge in [0.25, 0.3) is 0 Å². The highest BCUT2D eigenvalue weighted by Gasteiger charge is 2.15. The SMILES string of the molecule is Cc1cc(NC(=O)NCCNC(=O)OC(C)(C)C)n(C)n1. The molecule has 8 nitrogen and oxygen atoms in total. The van der Waals surface area contributed by atoms with Crippen molar-refractivity contribution in [3.63, 3.8) is 0 Å². The van der Waals surface area contributed by atoms with E-state index in [0.717, 1.165) is 5.69 Å². The Kier molecular flexibility index (Phi) is 5.57. The van der Waals surface area contributed by atoms with E-state index in [0.29, 0.717) is 12.4 Å². The predicted molar refractivity (Wildman–Crippen MR) is 79.2 cm³/mol. The number of aromatic nitrogens is 2. The number of anilines is 1. The average molecular weight is 297 g/mol. The van der Waals surface area contributed by atoms with Crippen LogP contribution in [0.1, 0.15) is 26.5 Å². The Labute approximate surface area is 124 Å². The first kappa shape index (κ1) is 16.8. The highest BCUT2D eigenvalue weighted by molar-refractivity contribution is 5.88. The zero-order chi connectivity index (χ0) is 16.0. The van der Waals surface area contributed by atoms with Crippen molar-refractivity contribution in [2.75, 3.05) is 18.4 Å². The van der Waals surface area contributed by atoms with Crippen LogP contribution in [-0.4, -0.2) is 40.6 Å². The van der Waals surface area contributed by atoms with E-state index < -0.39 is 11.7 Å². The third-order valence-corrected chi connectivity index (χ3v) is 2.32. The second-order valence-electron chi connectivity index (χ2n) is 5.60. The zero-order valence-electron chi connectivity index (χ0n) is 13.1. The topological polar surface area (TPSA) is 97.3 Å². The van der Waals surface area contributed by atoms with Crippen molar-refractivity contribution >= 4 is 17.9 Å². The van der Waals surface area contributed by atoms with Crippen LogP contribution in [0.2, 0.25) is 0 Å². The van der Waals surface area contributed by atoms with E-state index in [4.69, 9.17) is 4.74 Å². The van der Waals surface area contributed by atoms with Gasteiger partial charge < -0.3 is 15.4 Å². The number of amides is 3. The molecule has 0 atom stereocenters. The number of carbonyl (C=O) groups excluding carboxylic acids is 2. The molecule has 0 spiro atoms. The van der Waals surface area contributed by atoms with Gasteiger partial charge in [-0.25, -0.2) is 9.59 Å². The Bertz CT molecular complexity index is 504. The smallest absolute Gasteiger partial charge is 0.407 e. The van der Waals surface area contributed by atoms with Crippen molar-refractivity contribution < 1.29 is 14.3 Å². The lowest BCUT2D eigenvalue weighted by atomic mass is 10.2. The van der Waals surface area contributed by atoms with Crippen LogP contribution in [-0.2, 0) is 11.8 Å². The summed E-state index contributed by atoms with van der Waals surface area (Å²) in [5, 5.41) is 12.0. The molecule has 0 unspecified atom stereocenters. The summed E-state index contributed by atoms with van der Waals surface area (Å²) in [5.74, 6) is 0.602. The molecular weight excluding hydrogens is 274 g/mol. The van der Waals surface area contributed by atoms with Gasteiger partial charge in [0.15, 0.2) is 0 Å². The van der Waals surface area contributed by atoms with E-state index in [1.165, 1.54) is 0 Å². The van der Waals surface area contributed by atoms with Crippen molar-refractivity contribution in [1.82, 2.24) is 20.4 Å². The third kappa shape index (κ3) is 6.64. The van der Waals surface area contributed by atoms with Crippen LogP contribution >= 0.6 is 0 Å². The van der Waals surface area contributed by atoms with Crippen LogP contribution in [0.4, 0.5) is 15.4 Å². The van der Waals surface area contributed by atoms with Gasteiger partial charge in [-0.1, -0.05) is 0 Å². The number of hydrogen-bond acceptors (Lipinski definition) is 4. The predicted octanol–water partition coefficient (Wildman–Crippen LogP) is 1.37. The van der Waals surface area contributed by atoms with E-state index in [2.05, 4.69) is 21.0 Å². The minimum Gasteiger partial charge on any atom is -0.444 e.